The summed E-state index contributed by atoms with van der Waals surface area (Å²) < 4.78 is 5.07. The predicted molar refractivity (Wildman–Crippen MR) is 76.2 cm³/mol. The van der Waals surface area contributed by atoms with Crippen LogP contribution in [0.1, 0.15) is 12.1 Å². The van der Waals surface area contributed by atoms with E-state index in [1.54, 1.807) is 7.11 Å². The summed E-state index contributed by atoms with van der Waals surface area (Å²) in [6.07, 6.45) is 0.479. The molecule has 0 aliphatic carbocycles. The van der Waals surface area contributed by atoms with Crippen LogP contribution in [0.25, 0.3) is 0 Å². The van der Waals surface area contributed by atoms with Crippen LogP contribution in [0.3, 0.4) is 0 Å². The molecule has 1 aromatic heterocycles. The Balaban J connectivity index is 2.73. The SMILES string of the molecule is CNc1ccc(Cl)c(CN(CCC#N)CCOC)n1. The molecular formula is C13H19ClN4O. The van der Waals surface area contributed by atoms with Crippen LogP contribution in [0.15, 0.2) is 12.1 Å². The number of pyridine rings is 1. The zero-order valence-electron chi connectivity index (χ0n) is 11.3. The summed E-state index contributed by atoms with van der Waals surface area (Å²) in [5.41, 5.74) is 0.808. The number of nitrogens with zero attached hydrogens (tertiary/aromatic N) is 3. The van der Waals surface area contributed by atoms with Crippen LogP contribution in [0, 0.1) is 11.3 Å². The molecule has 0 saturated heterocycles. The summed E-state index contributed by atoms with van der Waals surface area (Å²) in [5, 5.41) is 12.3. The van der Waals surface area contributed by atoms with E-state index in [0.29, 0.717) is 31.1 Å². The molecular weight excluding hydrogens is 264 g/mol. The van der Waals surface area contributed by atoms with Crippen molar-refractivity contribution in [2.24, 2.45) is 0 Å². The lowest BCUT2D eigenvalue weighted by atomic mass is 10.3. The largest absolute Gasteiger partial charge is 0.383 e. The van der Waals surface area contributed by atoms with Gasteiger partial charge in [-0.05, 0) is 12.1 Å². The highest BCUT2D eigenvalue weighted by Gasteiger charge is 2.10. The van der Waals surface area contributed by atoms with E-state index in [0.717, 1.165) is 18.1 Å². The minimum atomic E-state index is 0.479. The van der Waals surface area contributed by atoms with E-state index in [1.165, 1.54) is 0 Å². The number of hydrogen-bond donors (Lipinski definition) is 1. The Hall–Kier alpha value is -1.35. The van der Waals surface area contributed by atoms with Gasteiger partial charge in [0.15, 0.2) is 0 Å². The van der Waals surface area contributed by atoms with Crippen molar-refractivity contribution in [2.45, 2.75) is 13.0 Å². The maximum absolute atomic E-state index is 8.68. The smallest absolute Gasteiger partial charge is 0.126 e. The number of hydrogen-bond acceptors (Lipinski definition) is 5. The molecule has 0 bridgehead atoms. The Morgan fingerprint density at radius 3 is 2.89 bits per heavy atom. The fourth-order valence-electron chi connectivity index (χ4n) is 1.64. The highest BCUT2D eigenvalue weighted by Crippen LogP contribution is 2.18. The van der Waals surface area contributed by atoms with Crippen molar-refractivity contribution >= 4 is 17.4 Å². The Morgan fingerprint density at radius 1 is 1.47 bits per heavy atom. The fraction of sp³-hybridized carbons (Fsp3) is 0.538. The first-order valence-corrected chi connectivity index (χ1v) is 6.50. The maximum atomic E-state index is 8.68. The van der Waals surface area contributed by atoms with Gasteiger partial charge in [-0.15, -0.1) is 0 Å². The third kappa shape index (κ3) is 5.43. The average molecular weight is 283 g/mol. The first-order valence-electron chi connectivity index (χ1n) is 6.12. The van der Waals surface area contributed by atoms with Gasteiger partial charge in [0.25, 0.3) is 0 Å². The van der Waals surface area contributed by atoms with Crippen molar-refractivity contribution in [1.82, 2.24) is 9.88 Å². The number of ether oxygens (including phenoxy) is 1. The van der Waals surface area contributed by atoms with Crippen LogP contribution in [-0.2, 0) is 11.3 Å². The molecule has 0 amide bonds. The molecule has 5 nitrogen and oxygen atoms in total. The van der Waals surface area contributed by atoms with E-state index >= 15 is 0 Å². The normalized spacial score (nSPS) is 10.5. The first-order chi connectivity index (χ1) is 9.21. The van der Waals surface area contributed by atoms with Crippen molar-refractivity contribution in [2.75, 3.05) is 39.2 Å². The molecule has 0 atom stereocenters. The monoisotopic (exact) mass is 282 g/mol. The molecule has 104 valence electrons. The summed E-state index contributed by atoms with van der Waals surface area (Å²) >= 11 is 6.15. The van der Waals surface area contributed by atoms with Gasteiger partial charge in [-0.25, -0.2) is 4.98 Å². The van der Waals surface area contributed by atoms with Gasteiger partial charge in [0.05, 0.1) is 23.4 Å². The molecule has 19 heavy (non-hydrogen) atoms. The van der Waals surface area contributed by atoms with Gasteiger partial charge in [-0.2, -0.15) is 5.26 Å². The van der Waals surface area contributed by atoms with E-state index in [4.69, 9.17) is 21.6 Å². The number of rotatable bonds is 8. The molecule has 1 rings (SSSR count). The highest BCUT2D eigenvalue weighted by atomic mass is 35.5. The molecule has 0 aliphatic heterocycles. The third-order valence-corrected chi connectivity index (χ3v) is 3.04. The van der Waals surface area contributed by atoms with Gasteiger partial charge in [-0.3, -0.25) is 4.90 Å². The average Bonchev–Trinajstić information content (AvgIpc) is 2.43. The van der Waals surface area contributed by atoms with Crippen LogP contribution in [0.4, 0.5) is 5.82 Å². The van der Waals surface area contributed by atoms with Gasteiger partial charge in [0.2, 0.25) is 0 Å². The lowest BCUT2D eigenvalue weighted by molar-refractivity contribution is 0.144. The summed E-state index contributed by atoms with van der Waals surface area (Å²) in [6.45, 7) is 2.66. The molecule has 0 fully saturated rings. The number of anilines is 1. The first kappa shape index (κ1) is 15.7. The predicted octanol–water partition coefficient (Wildman–Crippen LogP) is 2.14. The van der Waals surface area contributed by atoms with E-state index in [2.05, 4.69) is 21.3 Å². The second kappa shape index (κ2) is 8.70. The Bertz CT molecular complexity index is 433. The highest BCUT2D eigenvalue weighted by molar-refractivity contribution is 6.31. The molecule has 1 aromatic rings. The number of nitrogens with one attached hydrogen (secondary N) is 1. The lowest BCUT2D eigenvalue weighted by Gasteiger charge is -2.21. The Labute approximate surface area is 119 Å². The molecule has 1 N–H and O–H groups in total. The number of methoxy groups -OCH3 is 1. The molecule has 6 heteroatoms. The van der Waals surface area contributed by atoms with Crippen LogP contribution in [-0.4, -0.2) is 43.7 Å². The van der Waals surface area contributed by atoms with Crippen molar-refractivity contribution in [3.63, 3.8) is 0 Å². The van der Waals surface area contributed by atoms with Crippen LogP contribution in [0.2, 0.25) is 5.02 Å². The molecule has 0 radical (unpaired) electrons. The summed E-state index contributed by atoms with van der Waals surface area (Å²) in [4.78, 5) is 6.55. The van der Waals surface area contributed by atoms with E-state index in [-0.39, 0.29) is 0 Å². The van der Waals surface area contributed by atoms with Crippen molar-refractivity contribution in [3.05, 3.63) is 22.8 Å². The van der Waals surface area contributed by atoms with Crippen LogP contribution >= 0.6 is 11.6 Å². The topological polar surface area (TPSA) is 61.2 Å². The molecule has 0 spiro atoms. The molecule has 1 heterocycles. The van der Waals surface area contributed by atoms with Gasteiger partial charge < -0.3 is 10.1 Å². The maximum Gasteiger partial charge on any atom is 0.126 e. The minimum absolute atomic E-state index is 0.479. The molecule has 0 aliphatic rings. The molecule has 0 unspecified atom stereocenters. The zero-order chi connectivity index (χ0) is 14.1. The molecule has 0 saturated carbocycles. The summed E-state index contributed by atoms with van der Waals surface area (Å²) in [5.74, 6) is 0.784. The van der Waals surface area contributed by atoms with Crippen molar-refractivity contribution < 1.29 is 4.74 Å². The third-order valence-electron chi connectivity index (χ3n) is 2.70. The van der Waals surface area contributed by atoms with Crippen LogP contribution < -0.4 is 5.32 Å². The second-order valence-corrected chi connectivity index (χ2v) is 4.46. The summed E-state index contributed by atoms with van der Waals surface area (Å²) in [6, 6.07) is 5.81. The van der Waals surface area contributed by atoms with Gasteiger partial charge in [-0.1, -0.05) is 11.6 Å². The van der Waals surface area contributed by atoms with E-state index in [1.807, 2.05) is 19.2 Å². The van der Waals surface area contributed by atoms with Gasteiger partial charge in [0.1, 0.15) is 5.82 Å². The van der Waals surface area contributed by atoms with Crippen molar-refractivity contribution in [1.29, 1.82) is 5.26 Å². The Morgan fingerprint density at radius 2 is 2.26 bits per heavy atom. The standard InChI is InChI=1S/C13H19ClN4O/c1-16-13-5-4-11(14)12(17-13)10-18(7-3-6-15)8-9-19-2/h4-5H,3,7-10H2,1-2H3,(H,16,17). The zero-order valence-corrected chi connectivity index (χ0v) is 12.1. The second-order valence-electron chi connectivity index (χ2n) is 4.05. The van der Waals surface area contributed by atoms with E-state index < -0.39 is 0 Å². The number of halogens is 1. The Kier molecular flexibility index (Phi) is 7.19. The molecule has 0 aromatic carbocycles. The minimum Gasteiger partial charge on any atom is -0.383 e. The number of aromatic nitrogens is 1. The van der Waals surface area contributed by atoms with Gasteiger partial charge >= 0.3 is 0 Å². The fourth-order valence-corrected chi connectivity index (χ4v) is 1.81. The van der Waals surface area contributed by atoms with Gasteiger partial charge in [0, 0.05) is 40.2 Å². The van der Waals surface area contributed by atoms with Crippen molar-refractivity contribution in [3.8, 4) is 6.07 Å². The summed E-state index contributed by atoms with van der Waals surface area (Å²) in [7, 11) is 3.48. The quantitative estimate of drug-likeness (QED) is 0.791. The lowest BCUT2D eigenvalue weighted by Crippen LogP contribution is -2.28. The van der Waals surface area contributed by atoms with Crippen LogP contribution in [0.5, 0.6) is 0 Å². The number of nitriles is 1. The van der Waals surface area contributed by atoms with E-state index in [9.17, 15) is 0 Å².